The number of ketones is 1. The maximum Gasteiger partial charge on any atom is 0.432 e. The molecule has 2 aliphatic heterocycles. The molecule has 18 fully saturated rings. The van der Waals surface area contributed by atoms with Gasteiger partial charge in [0.05, 0.1) is 60.4 Å². The lowest BCUT2D eigenvalue weighted by Crippen LogP contribution is -2.58. The number of Topliss-reactive ketones (excluding diaryl/α,β-unsaturated/α-hetero) is 1. The Morgan fingerprint density at radius 2 is 0.781 bits per heavy atom. The summed E-state index contributed by atoms with van der Waals surface area (Å²) < 4.78 is 267. The van der Waals surface area contributed by atoms with Crippen molar-refractivity contribution in [3.8, 4) is 0 Å². The number of carbonyl (C=O) groups is 5. The predicted octanol–water partition coefficient (Wildman–Crippen LogP) is 18.8. The molecule has 1 N–H and O–H groups in total. The zero-order chi connectivity index (χ0) is 99.9. The summed E-state index contributed by atoms with van der Waals surface area (Å²) in [5, 5.41) is -5.48. The van der Waals surface area contributed by atoms with Gasteiger partial charge in [0.1, 0.15) is 34.4 Å². The third-order valence-electron chi connectivity index (χ3n) is 29.5. The molecule has 23 rings (SSSR count). The summed E-state index contributed by atoms with van der Waals surface area (Å²) in [6.45, 7) is 17.0. The number of ether oxygens (including phenoxy) is 6. The van der Waals surface area contributed by atoms with Crippen molar-refractivity contribution in [2.75, 3.05) is 62.7 Å². The molecule has 0 radical (unpaired) electrons. The molecule has 0 amide bonds. The first-order chi connectivity index (χ1) is 63.7. The van der Waals surface area contributed by atoms with Crippen molar-refractivity contribution in [2.24, 2.45) is 81.3 Å². The van der Waals surface area contributed by atoms with Gasteiger partial charge in [-0.25, -0.2) is 43.6 Å². The smallest absolute Gasteiger partial charge is 0.432 e. The average molecular weight is 2050 g/mol. The molecule has 5 atom stereocenters. The number of rotatable bonds is 19. The van der Waals surface area contributed by atoms with Gasteiger partial charge in [-0.05, 0) is 284 Å². The van der Waals surface area contributed by atoms with Gasteiger partial charge in [0.15, 0.2) is 61.4 Å². The molecule has 0 aromatic heterocycles. The first-order valence-corrected chi connectivity index (χ1v) is 55.4. The van der Waals surface area contributed by atoms with Crippen molar-refractivity contribution in [1.29, 1.82) is 0 Å². The van der Waals surface area contributed by atoms with Crippen molar-refractivity contribution < 1.29 is 145 Å². The molecule has 16 saturated carbocycles. The van der Waals surface area contributed by atoms with Crippen LogP contribution in [0.1, 0.15) is 207 Å². The van der Waals surface area contributed by atoms with Crippen LogP contribution in [0.3, 0.4) is 0 Å². The number of hydrogen-bond acceptors (Lipinski definition) is 21. The van der Waals surface area contributed by atoms with E-state index in [1.54, 1.807) is 0 Å². The van der Waals surface area contributed by atoms with Crippen LogP contribution in [-0.4, -0.2) is 181 Å². The summed E-state index contributed by atoms with van der Waals surface area (Å²) in [5.41, 5.74) is -0.993. The predicted molar refractivity (Wildman–Crippen MR) is 487 cm³/mol. The highest BCUT2D eigenvalue weighted by Crippen LogP contribution is 2.65. The normalized spacial score (nSPS) is 30.4. The summed E-state index contributed by atoms with van der Waals surface area (Å²) in [5.74, 6) is -2.21. The Bertz CT molecular complexity index is 5110. The van der Waals surface area contributed by atoms with Gasteiger partial charge in [0.2, 0.25) is 0 Å². The van der Waals surface area contributed by atoms with Gasteiger partial charge in [0.25, 0.3) is 12.0 Å². The second-order valence-electron chi connectivity index (χ2n) is 42.7. The molecule has 5 aromatic rings. The van der Waals surface area contributed by atoms with Crippen molar-refractivity contribution in [3.05, 3.63) is 151 Å². The molecular weight excluding hydrogens is 1930 g/mol. The minimum atomic E-state index is -6.67. The molecule has 16 aliphatic carbocycles. The van der Waals surface area contributed by atoms with Crippen LogP contribution >= 0.6 is 0 Å². The molecule has 38 heteroatoms. The first-order valence-electron chi connectivity index (χ1n) is 46.8. The second-order valence-corrected chi connectivity index (χ2v) is 53.6. The van der Waals surface area contributed by atoms with Crippen LogP contribution in [0.25, 0.3) is 0 Å². The summed E-state index contributed by atoms with van der Waals surface area (Å²) >= 11 is 0. The quantitative estimate of drug-likeness (QED) is 0.0264. The SMILES string of the molecule is CC(C)(C)c1ccc([S+]2CCOCC2)cc1.CC(C)(C)c1ccc([S+]2CCOCC2)cc1.CC(F)(F)COC(=O)C12CC3CC(CC(C3)C1)C2.O=C(OC(C(F)(F)F)C(F)(F)S(=O)(=O)[O-])C12CC3CC(CC(C3)C1)C2.O=C(OCC12CC3CC(CC(O)(C3)C1)C2)C(F)(F)S(=O)(=O)[O-].O=C1C2CC3CC1CC(OC(=O)C(F)(F)S(=O)(=O)[O-])(C3)C2.c1ccc([S+](c2ccccc2)c2ccccc2)cc1. The van der Waals surface area contributed by atoms with E-state index in [-0.39, 0.29) is 120 Å². The molecule has 2 saturated heterocycles. The Hall–Kier alpha value is -6.46. The molecule has 21 nitrogen and oxygen atoms in total. The van der Waals surface area contributed by atoms with Gasteiger partial charge in [-0.15, -0.1) is 0 Å². The lowest BCUT2D eigenvalue weighted by atomic mass is 9.48. The zero-order valence-electron chi connectivity index (χ0n) is 77.8. The molecular formula is C99H123F11O21S6. The lowest BCUT2D eigenvalue weighted by Gasteiger charge is -2.59. The van der Waals surface area contributed by atoms with E-state index in [0.29, 0.717) is 90.9 Å². The van der Waals surface area contributed by atoms with Crippen molar-refractivity contribution in [2.45, 2.75) is 277 Å². The van der Waals surface area contributed by atoms with E-state index < -0.39 is 116 Å². The second kappa shape index (κ2) is 41.7. The maximum atomic E-state index is 13.5. The van der Waals surface area contributed by atoms with Gasteiger partial charge in [-0.2, -0.15) is 39.5 Å². The van der Waals surface area contributed by atoms with Crippen molar-refractivity contribution >= 4 is 92.7 Å². The van der Waals surface area contributed by atoms with Gasteiger partial charge in [0, 0.05) is 46.0 Å². The summed E-state index contributed by atoms with van der Waals surface area (Å²) in [6.07, 6.45) is 5.33. The van der Waals surface area contributed by atoms with E-state index >= 15 is 0 Å². The van der Waals surface area contributed by atoms with Crippen LogP contribution in [0.2, 0.25) is 0 Å². The molecule has 5 unspecified atom stereocenters. The summed E-state index contributed by atoms with van der Waals surface area (Å²) in [7, 11) is -18.0. The summed E-state index contributed by atoms with van der Waals surface area (Å²) in [6, 6.07) is 50.6. The first kappa shape index (κ1) is 108. The highest BCUT2D eigenvalue weighted by atomic mass is 32.2. The zero-order valence-corrected chi connectivity index (χ0v) is 82.7. The third kappa shape index (κ3) is 26.0. The number of hydrogen-bond donors (Lipinski definition) is 1. The molecule has 2 heterocycles. The lowest BCUT2D eigenvalue weighted by molar-refractivity contribution is -0.266. The van der Waals surface area contributed by atoms with Crippen LogP contribution < -0.4 is 0 Å². The topological polar surface area (TPSA) is 333 Å². The summed E-state index contributed by atoms with van der Waals surface area (Å²) in [4.78, 5) is 66.3. The molecule has 5 aromatic carbocycles. The van der Waals surface area contributed by atoms with Gasteiger partial charge in [-0.3, -0.25) is 14.4 Å². The van der Waals surface area contributed by atoms with Gasteiger partial charge >= 0.3 is 45.8 Å². The van der Waals surface area contributed by atoms with Gasteiger partial charge < -0.3 is 47.2 Å². The van der Waals surface area contributed by atoms with Crippen molar-refractivity contribution in [1.82, 2.24) is 0 Å². The highest BCUT2D eigenvalue weighted by Gasteiger charge is 2.67. The standard InChI is InChI=1S/C18H15S.C14H17F5O5S.C14H20F2O2.2C14H21OS.C13H18F2O6S.C12H14F2O6S/c1-4-10-16(11-5-1)19(17-12-6-2-7-13-17)18-14-8-3-9-15-18;15-13(16,17)10(14(18,19)25(21,22)23)24-11(20)12-4-7-1-8(5-12)3-9(2-7)6-12;1-13(15,16)8-18-12(17)14-5-9-2-10(6-14)4-11(3-9)7-14;2*1-14(2,3)12-4-6-13(7-5-12)16-10-8-15-9-11-16;14-13(15,22(18,19)20)10(16)21-7-11-2-8-1-9(3-11)5-12(17,4-8)6-11;13-12(14,21(17,18)19)10(16)20-11-3-6-1-7(4-11)9(15)8(2-6)5-11/h1-15H;7-10H,1-6H2,(H,21,22,23);9-11H,2-8H2,1H3;2*4-7H,8-11H2,1-3H3;8-9,17H,1-7H2,(H,18,19,20);6-8H,1-5H2,(H,17,18,19)/q+1;;;2*+1;;/p-3. The minimum absolute atomic E-state index is 0.0146. The largest absolute Gasteiger partial charge is 0.743 e. The molecule has 137 heavy (non-hydrogen) atoms. The maximum absolute atomic E-state index is 13.5. The number of aliphatic hydroxyl groups is 1. The number of alkyl halides is 11. The van der Waals surface area contributed by atoms with E-state index in [1.807, 2.05) is 0 Å². The molecule has 18 aliphatic rings. The van der Waals surface area contributed by atoms with Crippen LogP contribution in [-0.2, 0) is 126 Å². The number of esters is 4. The third-order valence-corrected chi connectivity index (χ3v) is 38.7. The molecule has 0 spiro atoms. The molecule has 758 valence electrons. The van der Waals surface area contributed by atoms with Crippen LogP contribution in [0.5, 0.6) is 0 Å². The van der Waals surface area contributed by atoms with E-state index in [4.69, 9.17) is 18.9 Å². The van der Waals surface area contributed by atoms with Gasteiger partial charge in [-0.1, -0.05) is 120 Å². The average Bonchev–Trinajstić information content (AvgIpc) is 0.719. The minimum Gasteiger partial charge on any atom is -0.743 e. The fraction of sp³-hybridized carbons (Fsp3) is 0.646. The Morgan fingerprint density at radius 1 is 0.438 bits per heavy atom. The van der Waals surface area contributed by atoms with E-state index in [1.165, 1.54) is 77.9 Å². The van der Waals surface area contributed by atoms with Crippen LogP contribution in [0.15, 0.2) is 164 Å². The Kier molecular flexibility index (Phi) is 32.8. The van der Waals surface area contributed by atoms with E-state index in [0.717, 1.165) is 78.3 Å². The monoisotopic (exact) mass is 2050 g/mol. The fourth-order valence-electron chi connectivity index (χ4n) is 24.8. The Labute approximate surface area is 803 Å². The van der Waals surface area contributed by atoms with E-state index in [9.17, 15) is 116 Å². The van der Waals surface area contributed by atoms with E-state index in [2.05, 4.69) is 191 Å². The number of carbonyl (C=O) groups excluding carboxylic acids is 5. The highest BCUT2D eigenvalue weighted by molar-refractivity contribution is 7.97. The molecule has 16 bridgehead atoms. The number of benzene rings is 5. The van der Waals surface area contributed by atoms with Crippen LogP contribution in [0.4, 0.5) is 48.3 Å². The number of halogens is 11. The van der Waals surface area contributed by atoms with Crippen LogP contribution in [0, 0.1) is 81.3 Å². The Balaban J connectivity index is 0.000000136. The Morgan fingerprint density at radius 3 is 1.11 bits per heavy atom. The fourth-order valence-corrected chi connectivity index (χ4v) is 31.5. The van der Waals surface area contributed by atoms with Crippen molar-refractivity contribution in [3.63, 3.8) is 0 Å².